The second-order valence-electron chi connectivity index (χ2n) is 7.00. The molecule has 6 nitrogen and oxygen atoms in total. The Hall–Kier alpha value is -2.11. The molecule has 6 heteroatoms. The zero-order chi connectivity index (χ0) is 16.1. The maximum absolute atomic E-state index is 12.7. The summed E-state index contributed by atoms with van der Waals surface area (Å²) in [5.41, 5.74) is 2.15. The van der Waals surface area contributed by atoms with E-state index < -0.39 is 0 Å². The Balaban J connectivity index is 1.70. The number of nitrogens with zero attached hydrogens (tertiary/aromatic N) is 3. The summed E-state index contributed by atoms with van der Waals surface area (Å²) in [6.07, 6.45) is 4.11. The molecule has 1 saturated heterocycles. The lowest BCUT2D eigenvalue weighted by molar-refractivity contribution is -0.136. The number of aryl methyl sites for hydroxylation is 1. The number of carbonyl (C=O) groups is 1. The van der Waals surface area contributed by atoms with Crippen LogP contribution in [-0.2, 0) is 4.79 Å². The first-order valence-electron chi connectivity index (χ1n) is 8.44. The van der Waals surface area contributed by atoms with E-state index in [1.165, 1.54) is 10.6 Å². The molecule has 1 amide bonds. The van der Waals surface area contributed by atoms with E-state index in [1.807, 2.05) is 17.9 Å². The van der Waals surface area contributed by atoms with Crippen LogP contribution in [0.15, 0.2) is 16.9 Å². The average molecular weight is 314 g/mol. The normalized spacial score (nSPS) is 27.4. The van der Waals surface area contributed by atoms with Crippen molar-refractivity contribution in [3.05, 3.63) is 33.9 Å². The molecule has 23 heavy (non-hydrogen) atoms. The van der Waals surface area contributed by atoms with Crippen molar-refractivity contribution in [3.63, 3.8) is 0 Å². The Kier molecular flexibility index (Phi) is 3.28. The Morgan fingerprint density at radius 2 is 2.13 bits per heavy atom. The molecule has 1 aliphatic heterocycles. The summed E-state index contributed by atoms with van der Waals surface area (Å²) in [5.74, 6) is 0.986. The molecule has 2 fully saturated rings. The standard InChI is InChI=1S/C17H22N4O2/c1-10-7-12(10)17(23)20-6-4-3-5-14(20)13-9-15-18-11(2)8-16(22)21(15)19-13/h8-10,12,14,19H,3-7H2,1-2H3/t10-,12-,14+/m1/s1. The maximum Gasteiger partial charge on any atom is 0.272 e. The van der Waals surface area contributed by atoms with E-state index in [-0.39, 0.29) is 23.4 Å². The zero-order valence-corrected chi connectivity index (χ0v) is 13.6. The van der Waals surface area contributed by atoms with Crippen LogP contribution in [0.25, 0.3) is 5.65 Å². The van der Waals surface area contributed by atoms with E-state index in [9.17, 15) is 9.59 Å². The predicted molar refractivity (Wildman–Crippen MR) is 86.1 cm³/mol. The molecule has 0 aromatic carbocycles. The van der Waals surface area contributed by atoms with E-state index in [4.69, 9.17) is 0 Å². The van der Waals surface area contributed by atoms with Crippen LogP contribution >= 0.6 is 0 Å². The van der Waals surface area contributed by atoms with Crippen molar-refractivity contribution in [1.82, 2.24) is 19.5 Å². The Bertz CT molecular complexity index is 822. The summed E-state index contributed by atoms with van der Waals surface area (Å²) >= 11 is 0. The van der Waals surface area contributed by atoms with Crippen LogP contribution < -0.4 is 5.56 Å². The monoisotopic (exact) mass is 314 g/mol. The number of hydrogen-bond donors (Lipinski definition) is 1. The molecule has 0 radical (unpaired) electrons. The van der Waals surface area contributed by atoms with Gasteiger partial charge in [0.25, 0.3) is 5.56 Å². The number of likely N-dealkylation sites (tertiary alicyclic amines) is 1. The number of piperidine rings is 1. The van der Waals surface area contributed by atoms with Gasteiger partial charge < -0.3 is 4.90 Å². The van der Waals surface area contributed by atoms with Gasteiger partial charge in [-0.15, -0.1) is 0 Å². The highest BCUT2D eigenvalue weighted by molar-refractivity contribution is 5.82. The highest BCUT2D eigenvalue weighted by atomic mass is 16.2. The molecule has 1 saturated carbocycles. The highest BCUT2D eigenvalue weighted by Crippen LogP contribution is 2.42. The van der Waals surface area contributed by atoms with Gasteiger partial charge in [-0.1, -0.05) is 6.92 Å². The number of amides is 1. The van der Waals surface area contributed by atoms with E-state index in [2.05, 4.69) is 17.0 Å². The molecule has 4 rings (SSSR count). The number of fused-ring (bicyclic) bond motifs is 1. The van der Waals surface area contributed by atoms with E-state index in [0.29, 0.717) is 17.3 Å². The molecular weight excluding hydrogens is 292 g/mol. The van der Waals surface area contributed by atoms with Gasteiger partial charge in [0, 0.05) is 30.3 Å². The summed E-state index contributed by atoms with van der Waals surface area (Å²) in [6, 6.07) is 3.47. The second kappa shape index (κ2) is 5.22. The Morgan fingerprint density at radius 1 is 1.35 bits per heavy atom. The van der Waals surface area contributed by atoms with Gasteiger partial charge in [0.05, 0.1) is 11.7 Å². The fraction of sp³-hybridized carbons (Fsp3) is 0.588. The van der Waals surface area contributed by atoms with Gasteiger partial charge in [-0.25, -0.2) is 9.50 Å². The Morgan fingerprint density at radius 3 is 2.87 bits per heavy atom. The van der Waals surface area contributed by atoms with Gasteiger partial charge >= 0.3 is 0 Å². The lowest BCUT2D eigenvalue weighted by Crippen LogP contribution is -2.39. The number of hydrogen-bond acceptors (Lipinski definition) is 3. The first-order valence-corrected chi connectivity index (χ1v) is 8.44. The van der Waals surface area contributed by atoms with Crippen molar-refractivity contribution >= 4 is 11.6 Å². The third kappa shape index (κ3) is 2.46. The minimum Gasteiger partial charge on any atom is -0.334 e. The van der Waals surface area contributed by atoms with Crippen molar-refractivity contribution < 1.29 is 4.79 Å². The summed E-state index contributed by atoms with van der Waals surface area (Å²) < 4.78 is 1.47. The number of H-pyrrole nitrogens is 1. The van der Waals surface area contributed by atoms with Gasteiger partial charge in [0.1, 0.15) is 0 Å². The molecule has 3 atom stereocenters. The first kappa shape index (κ1) is 14.5. The summed E-state index contributed by atoms with van der Waals surface area (Å²) in [6.45, 7) is 4.76. The molecule has 1 aliphatic carbocycles. The van der Waals surface area contributed by atoms with Gasteiger partial charge in [-0.3, -0.25) is 14.7 Å². The molecule has 2 aliphatic rings. The lowest BCUT2D eigenvalue weighted by atomic mass is 9.98. The highest BCUT2D eigenvalue weighted by Gasteiger charge is 2.44. The molecule has 122 valence electrons. The number of aromatic nitrogens is 3. The Labute approximate surface area is 134 Å². The van der Waals surface area contributed by atoms with Crippen LogP contribution in [0.1, 0.15) is 50.0 Å². The maximum atomic E-state index is 12.7. The van der Waals surface area contributed by atoms with E-state index in [1.54, 1.807) is 0 Å². The fourth-order valence-electron chi connectivity index (χ4n) is 3.70. The van der Waals surface area contributed by atoms with Crippen LogP contribution in [-0.4, -0.2) is 31.9 Å². The SMILES string of the molecule is Cc1cc(=O)n2[nH]c([C@@H]3CCCCN3C(=O)[C@@H]3C[C@H]3C)cc2n1. The average Bonchev–Trinajstić information content (AvgIpc) is 3.09. The van der Waals surface area contributed by atoms with Gasteiger partial charge in [0.2, 0.25) is 5.91 Å². The number of carbonyl (C=O) groups excluding carboxylic acids is 1. The molecule has 0 spiro atoms. The molecule has 1 N–H and O–H groups in total. The van der Waals surface area contributed by atoms with Crippen molar-refractivity contribution in [2.45, 2.75) is 45.6 Å². The van der Waals surface area contributed by atoms with Crippen LogP contribution in [0, 0.1) is 18.8 Å². The van der Waals surface area contributed by atoms with Crippen molar-refractivity contribution in [2.24, 2.45) is 11.8 Å². The van der Waals surface area contributed by atoms with Gasteiger partial charge in [-0.2, -0.15) is 0 Å². The second-order valence-corrected chi connectivity index (χ2v) is 7.00. The molecule has 0 bridgehead atoms. The minimum absolute atomic E-state index is 0.0328. The number of nitrogens with one attached hydrogen (secondary N) is 1. The van der Waals surface area contributed by atoms with Gasteiger partial charge in [0.15, 0.2) is 5.65 Å². The topological polar surface area (TPSA) is 70.5 Å². The van der Waals surface area contributed by atoms with Crippen molar-refractivity contribution in [3.8, 4) is 0 Å². The fourth-order valence-corrected chi connectivity index (χ4v) is 3.70. The quantitative estimate of drug-likeness (QED) is 0.922. The lowest BCUT2D eigenvalue weighted by Gasteiger charge is -2.35. The van der Waals surface area contributed by atoms with Crippen LogP contribution in [0.2, 0.25) is 0 Å². The van der Waals surface area contributed by atoms with Crippen LogP contribution in [0.5, 0.6) is 0 Å². The minimum atomic E-state index is -0.108. The smallest absolute Gasteiger partial charge is 0.272 e. The zero-order valence-electron chi connectivity index (χ0n) is 13.6. The van der Waals surface area contributed by atoms with Crippen LogP contribution in [0.4, 0.5) is 0 Å². The largest absolute Gasteiger partial charge is 0.334 e. The summed E-state index contributed by atoms with van der Waals surface area (Å²) in [5, 5.41) is 3.16. The predicted octanol–water partition coefficient (Wildman–Crippen LogP) is 2.04. The first-order chi connectivity index (χ1) is 11.0. The molecule has 0 unspecified atom stereocenters. The molecule has 3 heterocycles. The van der Waals surface area contributed by atoms with E-state index in [0.717, 1.165) is 37.9 Å². The van der Waals surface area contributed by atoms with Gasteiger partial charge in [-0.05, 0) is 38.5 Å². The number of rotatable bonds is 2. The molecule has 2 aromatic rings. The molecule has 2 aromatic heterocycles. The molecular formula is C17H22N4O2. The van der Waals surface area contributed by atoms with Crippen molar-refractivity contribution in [2.75, 3.05) is 6.54 Å². The van der Waals surface area contributed by atoms with Crippen molar-refractivity contribution in [1.29, 1.82) is 0 Å². The third-order valence-electron chi connectivity index (χ3n) is 5.17. The van der Waals surface area contributed by atoms with E-state index >= 15 is 0 Å². The van der Waals surface area contributed by atoms with Crippen LogP contribution in [0.3, 0.4) is 0 Å². The summed E-state index contributed by atoms with van der Waals surface area (Å²) in [4.78, 5) is 31.2. The number of aromatic amines is 1. The third-order valence-corrected chi connectivity index (χ3v) is 5.17. The summed E-state index contributed by atoms with van der Waals surface area (Å²) in [7, 11) is 0.